The van der Waals surface area contributed by atoms with Crippen LogP contribution in [0.3, 0.4) is 0 Å². The highest BCUT2D eigenvalue weighted by atomic mass is 79.9. The molecule has 0 amide bonds. The maximum atomic E-state index is 8.94. The summed E-state index contributed by atoms with van der Waals surface area (Å²) in [5.41, 5.74) is 11.0. The van der Waals surface area contributed by atoms with Gasteiger partial charge in [-0.3, -0.25) is 0 Å². The van der Waals surface area contributed by atoms with Crippen LogP contribution in [-0.4, -0.2) is 71.9 Å². The lowest BCUT2D eigenvalue weighted by Gasteiger charge is -2.32. The van der Waals surface area contributed by atoms with Crippen LogP contribution in [0, 0.1) is 0 Å². The zero-order chi connectivity index (χ0) is 70.5. The van der Waals surface area contributed by atoms with Crippen molar-refractivity contribution in [2.75, 3.05) is 0 Å². The molecule has 0 atom stereocenters. The van der Waals surface area contributed by atoms with E-state index in [2.05, 4.69) is 220 Å². The molecule has 3 saturated heterocycles. The van der Waals surface area contributed by atoms with E-state index in [-0.39, 0.29) is 55.9 Å². The van der Waals surface area contributed by atoms with Crippen molar-refractivity contribution < 1.29 is 38.0 Å². The number of halogens is 3. The van der Waals surface area contributed by atoms with Gasteiger partial charge in [0.25, 0.3) is 0 Å². The van der Waals surface area contributed by atoms with E-state index in [9.17, 15) is 0 Å². The molecule has 0 unspecified atom stereocenters. The third kappa shape index (κ3) is 18.5. The smallest absolute Gasteiger partial charge is 0.423 e. The van der Waals surface area contributed by atoms with Crippen LogP contribution in [0.25, 0.3) is 88.0 Å². The Hall–Kier alpha value is -7.58. The third-order valence-electron chi connectivity index (χ3n) is 19.7. The van der Waals surface area contributed by atoms with E-state index in [0.29, 0.717) is 5.46 Å². The number of rotatable bonds is 8. The lowest BCUT2D eigenvalue weighted by atomic mass is 9.49. The minimum absolute atomic E-state index is 0. The van der Waals surface area contributed by atoms with Crippen molar-refractivity contribution in [3.63, 3.8) is 0 Å². The molecule has 524 valence electrons. The predicted molar refractivity (Wildman–Crippen MR) is 441 cm³/mol. The van der Waals surface area contributed by atoms with Crippen LogP contribution in [0.2, 0.25) is 10.0 Å². The first-order valence-corrected chi connectivity index (χ1v) is 35.1. The standard InChI is InChI=1S/C28H27BO2.C22H15Cl.C12H24B2O4.C12H8BrCl.C10H9BO2.3CH4/c1-27(2)28(3,4)31-29(30-27)26-17-16-23(20-10-6-5-7-11-20)19-25(26)24-15-14-21-12-8-9-13-22(21)18-24;23-22-13-12-19(16-6-2-1-3-7-16)15-21(22)20-11-10-17-8-4-5-9-18(17)14-20;1-9(2)10(3,4)16-13(15-9)14-17-11(5,6)12(7,8)18-14;13-11-8-10(6-7-12(11)14)9-4-2-1-3-5-9;12-11(13)10-6-5-8-3-1-2-4-9(8)7-10;;;/h5-19H,1-4H3;1-15H;1-8H3;1-8H;1-7,12-13H;3*1H4. The topological polar surface area (TPSA) is 95.8 Å². The summed E-state index contributed by atoms with van der Waals surface area (Å²) in [6, 6.07) is 93.0. The molecule has 3 heterocycles. The van der Waals surface area contributed by atoms with E-state index in [1.54, 1.807) is 12.1 Å². The quantitative estimate of drug-likeness (QED) is 0.145. The zero-order valence-corrected chi connectivity index (χ0v) is 61.4. The van der Waals surface area contributed by atoms with Gasteiger partial charge in [0.05, 0.1) is 38.6 Å². The normalized spacial score (nSPS) is 16.0. The first kappa shape index (κ1) is 80.1. The summed E-state index contributed by atoms with van der Waals surface area (Å²) in [5.74, 6) is 0. The lowest BCUT2D eigenvalue weighted by Crippen LogP contribution is -2.41. The van der Waals surface area contributed by atoms with E-state index in [1.807, 2.05) is 140 Å². The van der Waals surface area contributed by atoms with Gasteiger partial charge in [-0.05, 0) is 235 Å². The molecule has 0 spiro atoms. The molecule has 15 rings (SSSR count). The number of fused-ring (bicyclic) bond motifs is 3. The first-order valence-electron chi connectivity index (χ1n) is 33.5. The van der Waals surface area contributed by atoms with E-state index < -0.39 is 28.3 Å². The fourth-order valence-electron chi connectivity index (χ4n) is 11.7. The van der Waals surface area contributed by atoms with Gasteiger partial charge in [0, 0.05) is 15.1 Å². The monoisotopic (exact) mass is 1460 g/mol. The fourth-order valence-corrected chi connectivity index (χ4v) is 12.5. The molecule has 0 aromatic heterocycles. The van der Waals surface area contributed by atoms with Crippen LogP contribution in [0.5, 0.6) is 0 Å². The highest BCUT2D eigenvalue weighted by Crippen LogP contribution is 2.44. The van der Waals surface area contributed by atoms with Gasteiger partial charge >= 0.3 is 28.3 Å². The molecule has 0 saturated carbocycles. The highest BCUT2D eigenvalue weighted by Gasteiger charge is 2.64. The van der Waals surface area contributed by atoms with Crippen LogP contribution in [0.4, 0.5) is 0 Å². The summed E-state index contributed by atoms with van der Waals surface area (Å²) < 4.78 is 37.6. The second-order valence-corrected chi connectivity index (χ2v) is 29.8. The number of hydrogen-bond acceptors (Lipinski definition) is 8. The molecule has 0 radical (unpaired) electrons. The van der Waals surface area contributed by atoms with Crippen molar-refractivity contribution in [1.82, 2.24) is 0 Å². The molecule has 2 N–H and O–H groups in total. The molecule has 0 aliphatic carbocycles. The number of hydrogen-bond donors (Lipinski definition) is 2. The largest absolute Gasteiger partial charge is 0.495 e. The summed E-state index contributed by atoms with van der Waals surface area (Å²) in [6.45, 7) is 24.6. The minimum atomic E-state index is -1.38. The average molecular weight is 1460 g/mol. The molecule has 3 fully saturated rings. The van der Waals surface area contributed by atoms with Crippen molar-refractivity contribution in [1.29, 1.82) is 0 Å². The summed E-state index contributed by atoms with van der Waals surface area (Å²) in [5, 5.41) is 26.5. The summed E-state index contributed by atoms with van der Waals surface area (Å²) >= 11 is 15.8. The SMILES string of the molecule is C.C.C.CC1(C)OB(B2OC(C)(C)C(C)(C)O2)OC1(C)C.CC1(C)OB(c2ccc(-c3ccccc3)cc2-c2ccc3ccccc3c2)OC1(C)C.Clc1ccc(-c2ccccc2)cc1-c1ccc2ccccc2c1.Clc1ccc(-c2ccccc2)cc1Br.OB(O)c1ccc2ccccc2c1. The Bertz CT molecular complexity index is 4680. The van der Waals surface area contributed by atoms with Crippen molar-refractivity contribution >= 4 is 111 Å². The highest BCUT2D eigenvalue weighted by molar-refractivity contribution is 9.10. The van der Waals surface area contributed by atoms with Crippen LogP contribution >= 0.6 is 39.1 Å². The van der Waals surface area contributed by atoms with E-state index in [1.165, 1.54) is 60.5 Å². The second kappa shape index (κ2) is 33.5. The Morgan fingerprint density at radius 3 is 0.990 bits per heavy atom. The second-order valence-electron chi connectivity index (χ2n) is 28.2. The van der Waals surface area contributed by atoms with Crippen LogP contribution in [-0.2, 0) is 27.9 Å². The van der Waals surface area contributed by atoms with Gasteiger partial charge < -0.3 is 38.0 Å². The van der Waals surface area contributed by atoms with Crippen molar-refractivity contribution in [2.45, 2.75) is 139 Å². The maximum Gasteiger partial charge on any atom is 0.495 e. The van der Waals surface area contributed by atoms with Crippen molar-refractivity contribution in [3.05, 3.63) is 288 Å². The van der Waals surface area contributed by atoms with E-state index in [4.69, 9.17) is 61.2 Å². The van der Waals surface area contributed by atoms with Gasteiger partial charge in [-0.25, -0.2) is 0 Å². The van der Waals surface area contributed by atoms with E-state index >= 15 is 0 Å². The van der Waals surface area contributed by atoms with Gasteiger partial charge in [0.2, 0.25) is 0 Å². The minimum Gasteiger partial charge on any atom is -0.423 e. The Labute approximate surface area is 626 Å². The molecule has 8 nitrogen and oxygen atoms in total. The molecule has 0 bridgehead atoms. The molecule has 3 aliphatic rings. The van der Waals surface area contributed by atoms with Crippen molar-refractivity contribution in [2.24, 2.45) is 0 Å². The van der Waals surface area contributed by atoms with Crippen molar-refractivity contribution in [3.8, 4) is 55.6 Å². The maximum absolute atomic E-state index is 8.94. The number of benzene rings is 12. The van der Waals surface area contributed by atoms with E-state index in [0.717, 1.165) is 47.4 Å². The summed E-state index contributed by atoms with van der Waals surface area (Å²) in [6.07, 6.45) is 0. The Morgan fingerprint density at radius 1 is 0.294 bits per heavy atom. The average Bonchev–Trinajstić information content (AvgIpc) is 1.60. The van der Waals surface area contributed by atoms with Gasteiger partial charge in [0.15, 0.2) is 0 Å². The molecule has 12 aromatic rings. The Balaban J connectivity index is 0.000000167. The van der Waals surface area contributed by atoms with Gasteiger partial charge in [-0.1, -0.05) is 276 Å². The van der Waals surface area contributed by atoms with Crippen LogP contribution in [0.15, 0.2) is 277 Å². The molecule has 12 aromatic carbocycles. The Kier molecular flexibility index (Phi) is 26.3. The lowest BCUT2D eigenvalue weighted by molar-refractivity contribution is 0.00578. The van der Waals surface area contributed by atoms with Gasteiger partial charge in [0.1, 0.15) is 0 Å². The third-order valence-corrected chi connectivity index (χ3v) is 21.3. The molecular weight excluding hydrogens is 1370 g/mol. The van der Waals surface area contributed by atoms with Gasteiger partial charge in [-0.2, -0.15) is 0 Å². The van der Waals surface area contributed by atoms with Crippen LogP contribution < -0.4 is 10.9 Å². The molecular formula is C87H95B4BrCl2O8. The van der Waals surface area contributed by atoms with Crippen LogP contribution in [0.1, 0.15) is 105 Å². The zero-order valence-electron chi connectivity index (χ0n) is 58.3. The fraction of sp³-hybridized carbons (Fsp3) is 0.241. The molecule has 3 aliphatic heterocycles. The Morgan fingerprint density at radius 2 is 0.598 bits per heavy atom. The summed E-state index contributed by atoms with van der Waals surface area (Å²) in [7, 11) is -2.74. The predicted octanol–water partition coefficient (Wildman–Crippen LogP) is 22.7. The summed E-state index contributed by atoms with van der Waals surface area (Å²) in [4.78, 5) is 0. The molecule has 102 heavy (non-hydrogen) atoms. The van der Waals surface area contributed by atoms with Gasteiger partial charge in [-0.15, -0.1) is 0 Å². The molecule has 15 heteroatoms. The first-order chi connectivity index (χ1) is 47.1.